The zero-order valence-corrected chi connectivity index (χ0v) is 9.58. The molecule has 0 aliphatic carbocycles. The number of aromatic nitrogens is 2. The summed E-state index contributed by atoms with van der Waals surface area (Å²) in [6.07, 6.45) is 3.03. The van der Waals surface area contributed by atoms with Crippen molar-refractivity contribution in [3.05, 3.63) is 54.1 Å². The van der Waals surface area contributed by atoms with Crippen molar-refractivity contribution in [1.82, 2.24) is 9.97 Å². The second-order valence-corrected chi connectivity index (χ2v) is 3.68. The topological polar surface area (TPSA) is 55.2 Å². The molecule has 1 aromatic heterocycles. The number of aliphatic hydroxyl groups excluding tert-OH is 1. The molecule has 0 fully saturated rings. The molecule has 4 heteroatoms. The van der Waals surface area contributed by atoms with Gasteiger partial charge in [0, 0.05) is 18.8 Å². The van der Waals surface area contributed by atoms with E-state index in [1.807, 2.05) is 24.3 Å². The summed E-state index contributed by atoms with van der Waals surface area (Å²) in [7, 11) is 1.62. The molecule has 1 atom stereocenters. The minimum atomic E-state index is -0.691. The molecule has 17 heavy (non-hydrogen) atoms. The number of hydrogen-bond donors (Lipinski definition) is 1. The van der Waals surface area contributed by atoms with E-state index in [4.69, 9.17) is 4.74 Å². The molecule has 0 bridgehead atoms. The van der Waals surface area contributed by atoms with E-state index >= 15 is 0 Å². The van der Waals surface area contributed by atoms with Crippen LogP contribution in [0.2, 0.25) is 0 Å². The molecule has 0 amide bonds. The molecular weight excluding hydrogens is 216 g/mol. The molecule has 1 heterocycles. The molecule has 4 nitrogen and oxygen atoms in total. The summed E-state index contributed by atoms with van der Waals surface area (Å²) in [4.78, 5) is 8.05. The third-order valence-corrected chi connectivity index (χ3v) is 2.45. The lowest BCUT2D eigenvalue weighted by atomic mass is 10.1. The highest BCUT2D eigenvalue weighted by molar-refractivity contribution is 5.29. The first-order chi connectivity index (χ1) is 8.29. The van der Waals surface area contributed by atoms with E-state index in [1.54, 1.807) is 25.6 Å². The highest BCUT2D eigenvalue weighted by Gasteiger charge is 2.11. The summed E-state index contributed by atoms with van der Waals surface area (Å²) in [5.74, 6) is 1.22. The second kappa shape index (κ2) is 5.41. The van der Waals surface area contributed by atoms with Gasteiger partial charge >= 0.3 is 0 Å². The van der Waals surface area contributed by atoms with Gasteiger partial charge in [-0.2, -0.15) is 0 Å². The summed E-state index contributed by atoms with van der Waals surface area (Å²) >= 11 is 0. The number of rotatable bonds is 4. The van der Waals surface area contributed by atoms with Gasteiger partial charge in [-0.05, 0) is 23.8 Å². The van der Waals surface area contributed by atoms with Crippen molar-refractivity contribution in [3.8, 4) is 5.75 Å². The average molecular weight is 230 g/mol. The smallest absolute Gasteiger partial charge is 0.157 e. The number of benzene rings is 1. The standard InChI is InChI=1S/C13H14N2O2/c1-17-11-5-2-4-10(8-11)9-12(16)13-14-6-3-7-15-13/h2-8,12,16H,9H2,1H3. The Kier molecular flexibility index (Phi) is 3.67. The first kappa shape index (κ1) is 11.5. The summed E-state index contributed by atoms with van der Waals surface area (Å²) < 4.78 is 5.13. The average Bonchev–Trinajstić information content (AvgIpc) is 2.40. The van der Waals surface area contributed by atoms with E-state index in [0.717, 1.165) is 11.3 Å². The van der Waals surface area contributed by atoms with Crippen molar-refractivity contribution in [3.63, 3.8) is 0 Å². The number of nitrogens with zero attached hydrogens (tertiary/aromatic N) is 2. The van der Waals surface area contributed by atoms with Gasteiger partial charge in [-0.15, -0.1) is 0 Å². The largest absolute Gasteiger partial charge is 0.497 e. The highest BCUT2D eigenvalue weighted by atomic mass is 16.5. The quantitative estimate of drug-likeness (QED) is 0.869. The van der Waals surface area contributed by atoms with Crippen LogP contribution in [0.4, 0.5) is 0 Å². The maximum atomic E-state index is 9.97. The Labute approximate surface area is 99.9 Å². The van der Waals surface area contributed by atoms with Gasteiger partial charge in [0.05, 0.1) is 7.11 Å². The van der Waals surface area contributed by atoms with Crippen LogP contribution in [-0.2, 0) is 6.42 Å². The Bertz CT molecular complexity index is 474. The van der Waals surface area contributed by atoms with Crippen LogP contribution in [0.3, 0.4) is 0 Å². The molecule has 1 unspecified atom stereocenters. The van der Waals surface area contributed by atoms with Crippen LogP contribution < -0.4 is 4.74 Å². The number of ether oxygens (including phenoxy) is 1. The normalized spacial score (nSPS) is 12.1. The van der Waals surface area contributed by atoms with Crippen LogP contribution in [0.5, 0.6) is 5.75 Å². The Morgan fingerprint density at radius 2 is 2.00 bits per heavy atom. The van der Waals surface area contributed by atoms with Gasteiger partial charge < -0.3 is 9.84 Å². The second-order valence-electron chi connectivity index (χ2n) is 3.68. The van der Waals surface area contributed by atoms with Crippen molar-refractivity contribution in [2.45, 2.75) is 12.5 Å². The van der Waals surface area contributed by atoms with Crippen molar-refractivity contribution in [1.29, 1.82) is 0 Å². The first-order valence-corrected chi connectivity index (χ1v) is 5.37. The van der Waals surface area contributed by atoms with Gasteiger partial charge in [0.25, 0.3) is 0 Å². The minimum absolute atomic E-state index is 0.440. The Morgan fingerprint density at radius 3 is 2.71 bits per heavy atom. The molecule has 1 aromatic carbocycles. The monoisotopic (exact) mass is 230 g/mol. The van der Waals surface area contributed by atoms with Gasteiger partial charge in [-0.3, -0.25) is 0 Å². The molecular formula is C13H14N2O2. The molecule has 2 aromatic rings. The van der Waals surface area contributed by atoms with E-state index in [0.29, 0.717) is 12.2 Å². The maximum Gasteiger partial charge on any atom is 0.157 e. The van der Waals surface area contributed by atoms with Crippen LogP contribution in [0, 0.1) is 0 Å². The zero-order valence-electron chi connectivity index (χ0n) is 9.58. The fourth-order valence-electron chi connectivity index (χ4n) is 1.60. The highest BCUT2D eigenvalue weighted by Crippen LogP contribution is 2.18. The molecule has 0 radical (unpaired) electrons. The van der Waals surface area contributed by atoms with E-state index in [-0.39, 0.29) is 0 Å². The molecule has 0 spiro atoms. The third kappa shape index (κ3) is 3.01. The molecule has 0 saturated heterocycles. The van der Waals surface area contributed by atoms with E-state index < -0.39 is 6.10 Å². The van der Waals surface area contributed by atoms with E-state index in [9.17, 15) is 5.11 Å². The van der Waals surface area contributed by atoms with Gasteiger partial charge in [-0.1, -0.05) is 12.1 Å². The molecule has 0 saturated carbocycles. The summed E-state index contributed by atoms with van der Waals surface area (Å²) in [5, 5.41) is 9.97. The van der Waals surface area contributed by atoms with Gasteiger partial charge in [0.1, 0.15) is 11.9 Å². The van der Waals surface area contributed by atoms with Crippen LogP contribution in [0.15, 0.2) is 42.7 Å². The SMILES string of the molecule is COc1cccc(CC(O)c2ncccn2)c1. The maximum absolute atomic E-state index is 9.97. The van der Waals surface area contributed by atoms with Gasteiger partial charge in [0.15, 0.2) is 5.82 Å². The van der Waals surface area contributed by atoms with Crippen molar-refractivity contribution >= 4 is 0 Å². The van der Waals surface area contributed by atoms with Crippen molar-refractivity contribution in [2.75, 3.05) is 7.11 Å². The lowest BCUT2D eigenvalue weighted by molar-refractivity contribution is 0.168. The Morgan fingerprint density at radius 1 is 1.24 bits per heavy atom. The fourth-order valence-corrected chi connectivity index (χ4v) is 1.60. The van der Waals surface area contributed by atoms with Crippen molar-refractivity contribution in [2.24, 2.45) is 0 Å². The Hall–Kier alpha value is -1.94. The van der Waals surface area contributed by atoms with Crippen LogP contribution in [0.25, 0.3) is 0 Å². The third-order valence-electron chi connectivity index (χ3n) is 2.45. The number of aliphatic hydroxyl groups is 1. The predicted octanol–water partition coefficient (Wildman–Crippen LogP) is 1.76. The molecule has 0 aliphatic heterocycles. The molecule has 2 rings (SSSR count). The zero-order chi connectivity index (χ0) is 12.1. The summed E-state index contributed by atoms with van der Waals surface area (Å²) in [6.45, 7) is 0. The molecule has 1 N–H and O–H groups in total. The van der Waals surface area contributed by atoms with E-state index in [2.05, 4.69) is 9.97 Å². The van der Waals surface area contributed by atoms with Crippen molar-refractivity contribution < 1.29 is 9.84 Å². The molecule has 88 valence electrons. The Balaban J connectivity index is 2.10. The first-order valence-electron chi connectivity index (χ1n) is 5.37. The predicted molar refractivity (Wildman–Crippen MR) is 63.7 cm³/mol. The number of methoxy groups -OCH3 is 1. The van der Waals surface area contributed by atoms with E-state index in [1.165, 1.54) is 0 Å². The molecule has 0 aliphatic rings. The van der Waals surface area contributed by atoms with Crippen LogP contribution in [0.1, 0.15) is 17.5 Å². The van der Waals surface area contributed by atoms with Gasteiger partial charge in [-0.25, -0.2) is 9.97 Å². The lowest BCUT2D eigenvalue weighted by Gasteiger charge is -2.09. The summed E-state index contributed by atoms with van der Waals surface area (Å²) in [6, 6.07) is 9.32. The van der Waals surface area contributed by atoms with Crippen LogP contribution in [-0.4, -0.2) is 22.2 Å². The minimum Gasteiger partial charge on any atom is -0.497 e. The van der Waals surface area contributed by atoms with Crippen LogP contribution >= 0.6 is 0 Å². The van der Waals surface area contributed by atoms with Gasteiger partial charge in [0.2, 0.25) is 0 Å². The lowest BCUT2D eigenvalue weighted by Crippen LogP contribution is -2.06. The summed E-state index contributed by atoms with van der Waals surface area (Å²) in [5.41, 5.74) is 0.990. The fraction of sp³-hybridized carbons (Fsp3) is 0.231. The number of hydrogen-bond acceptors (Lipinski definition) is 4.